The fourth-order valence-electron chi connectivity index (χ4n) is 1.25. The number of ether oxygens (including phenoxy) is 2. The Morgan fingerprint density at radius 1 is 1.40 bits per heavy atom. The predicted molar refractivity (Wildman–Crippen MR) is 53.4 cm³/mol. The number of carbonyl (C=O) groups excluding carboxylic acids is 1. The largest absolute Gasteiger partial charge is 0.500 e. The third-order valence-electron chi connectivity index (χ3n) is 1.90. The van der Waals surface area contributed by atoms with Crippen molar-refractivity contribution in [2.45, 2.75) is 4.90 Å². The van der Waals surface area contributed by atoms with Gasteiger partial charge in [-0.05, 0) is 12.1 Å². The maximum absolute atomic E-state index is 11.8. The van der Waals surface area contributed by atoms with Crippen molar-refractivity contribution in [2.75, 3.05) is 7.11 Å². The van der Waals surface area contributed by atoms with Crippen LogP contribution in [0.15, 0.2) is 40.5 Å². The van der Waals surface area contributed by atoms with Gasteiger partial charge in [0, 0.05) is 0 Å². The highest BCUT2D eigenvalue weighted by molar-refractivity contribution is 7.89. The maximum atomic E-state index is 11.8. The Balaban J connectivity index is 2.54. The van der Waals surface area contributed by atoms with E-state index in [4.69, 9.17) is 4.74 Å². The molecule has 4 nitrogen and oxygen atoms in total. The molecular formula is C10H8O4S. The molecule has 1 heterocycles. The summed E-state index contributed by atoms with van der Waals surface area (Å²) in [6.45, 7) is 0. The zero-order valence-electron chi connectivity index (χ0n) is 7.93. The van der Waals surface area contributed by atoms with Crippen molar-refractivity contribution in [3.63, 3.8) is 0 Å². The Hall–Kier alpha value is -1.62. The highest BCUT2D eigenvalue weighted by Gasteiger charge is 2.28. The lowest BCUT2D eigenvalue weighted by molar-refractivity contribution is 0.0628. The number of methoxy groups -OCH3 is 1. The minimum absolute atomic E-state index is 0.0289. The van der Waals surface area contributed by atoms with Crippen LogP contribution in [-0.2, 0) is 20.3 Å². The summed E-state index contributed by atoms with van der Waals surface area (Å²) in [6, 6.07) is 6.64. The summed E-state index contributed by atoms with van der Waals surface area (Å²) < 4.78 is 21.4. The van der Waals surface area contributed by atoms with Gasteiger partial charge in [-0.25, -0.2) is 9.00 Å². The van der Waals surface area contributed by atoms with Gasteiger partial charge < -0.3 is 9.47 Å². The molecular weight excluding hydrogens is 216 g/mol. The van der Waals surface area contributed by atoms with Crippen LogP contribution in [0.1, 0.15) is 10.4 Å². The van der Waals surface area contributed by atoms with Gasteiger partial charge in [0.2, 0.25) is 5.09 Å². The molecule has 1 aromatic carbocycles. The number of cyclic esters (lactones) is 1. The summed E-state index contributed by atoms with van der Waals surface area (Å²) in [6.07, 6.45) is 1.17. The van der Waals surface area contributed by atoms with Crippen LogP contribution in [0.25, 0.3) is 0 Å². The second kappa shape index (κ2) is 3.86. The van der Waals surface area contributed by atoms with Gasteiger partial charge in [0.15, 0.2) is 0 Å². The van der Waals surface area contributed by atoms with E-state index in [9.17, 15) is 9.00 Å². The summed E-state index contributed by atoms with van der Waals surface area (Å²) in [5, 5.41) is 0.0289. The normalized spacial score (nSPS) is 22.1. The standard InChI is InChI=1S/C10H8O4S/c1-13-6-9-14-10(11)7-4-2-3-5-8(7)15(9)12/h2-6H,1H3/b9-6-. The maximum Gasteiger partial charge on any atom is 0.345 e. The fourth-order valence-corrected chi connectivity index (χ4v) is 2.36. The van der Waals surface area contributed by atoms with Crippen molar-refractivity contribution < 1.29 is 18.5 Å². The molecule has 0 N–H and O–H groups in total. The molecule has 0 aliphatic carbocycles. The third kappa shape index (κ3) is 1.66. The highest BCUT2D eigenvalue weighted by atomic mass is 32.2. The molecule has 15 heavy (non-hydrogen) atoms. The average molecular weight is 224 g/mol. The van der Waals surface area contributed by atoms with Gasteiger partial charge in [-0.1, -0.05) is 12.1 Å². The van der Waals surface area contributed by atoms with E-state index in [-0.39, 0.29) is 5.09 Å². The topological polar surface area (TPSA) is 52.6 Å². The smallest absolute Gasteiger partial charge is 0.345 e. The Kier molecular flexibility index (Phi) is 2.55. The first kappa shape index (κ1) is 9.92. The predicted octanol–water partition coefficient (Wildman–Crippen LogP) is 1.41. The molecule has 0 aromatic heterocycles. The molecule has 1 aliphatic heterocycles. The molecule has 1 atom stereocenters. The summed E-state index contributed by atoms with van der Waals surface area (Å²) in [7, 11) is -0.0791. The zero-order valence-corrected chi connectivity index (χ0v) is 8.74. The van der Waals surface area contributed by atoms with Crippen LogP contribution in [0.4, 0.5) is 0 Å². The minimum Gasteiger partial charge on any atom is -0.500 e. The van der Waals surface area contributed by atoms with Crippen molar-refractivity contribution in [2.24, 2.45) is 0 Å². The van der Waals surface area contributed by atoms with Crippen molar-refractivity contribution in [1.82, 2.24) is 0 Å². The number of carbonyl (C=O) groups is 1. The first-order chi connectivity index (χ1) is 7.24. The average Bonchev–Trinajstić information content (AvgIpc) is 2.26. The number of fused-ring (bicyclic) bond motifs is 1. The van der Waals surface area contributed by atoms with E-state index < -0.39 is 16.8 Å². The molecule has 0 radical (unpaired) electrons. The number of rotatable bonds is 1. The van der Waals surface area contributed by atoms with Crippen molar-refractivity contribution in [3.8, 4) is 0 Å². The van der Waals surface area contributed by atoms with Gasteiger partial charge in [-0.3, -0.25) is 0 Å². The minimum atomic E-state index is -1.48. The van der Waals surface area contributed by atoms with Crippen molar-refractivity contribution >= 4 is 16.8 Å². The van der Waals surface area contributed by atoms with Gasteiger partial charge in [-0.2, -0.15) is 0 Å². The van der Waals surface area contributed by atoms with Gasteiger partial charge in [0.1, 0.15) is 17.1 Å². The molecule has 0 saturated carbocycles. The van der Waals surface area contributed by atoms with Gasteiger partial charge in [0.25, 0.3) is 0 Å². The molecule has 0 bridgehead atoms. The van der Waals surface area contributed by atoms with Crippen LogP contribution >= 0.6 is 0 Å². The van der Waals surface area contributed by atoms with E-state index in [0.29, 0.717) is 10.5 Å². The van der Waals surface area contributed by atoms with Gasteiger partial charge >= 0.3 is 5.97 Å². The molecule has 1 aromatic rings. The third-order valence-corrected chi connectivity index (χ3v) is 3.20. The van der Waals surface area contributed by atoms with Crippen molar-refractivity contribution in [1.29, 1.82) is 0 Å². The first-order valence-corrected chi connectivity index (χ1v) is 5.35. The zero-order chi connectivity index (χ0) is 10.8. The molecule has 78 valence electrons. The summed E-state index contributed by atoms with van der Waals surface area (Å²) >= 11 is 0. The lowest BCUT2D eigenvalue weighted by Crippen LogP contribution is -2.18. The van der Waals surface area contributed by atoms with Crippen LogP contribution in [0, 0.1) is 0 Å². The Morgan fingerprint density at radius 2 is 2.13 bits per heavy atom. The first-order valence-electron chi connectivity index (χ1n) is 4.20. The Morgan fingerprint density at radius 3 is 2.87 bits per heavy atom. The Bertz CT molecular complexity index is 464. The van der Waals surface area contributed by atoms with E-state index in [1.54, 1.807) is 24.3 Å². The summed E-state index contributed by atoms with van der Waals surface area (Å²) in [5.74, 6) is -0.506. The fraction of sp³-hybridized carbons (Fsp3) is 0.100. The lowest BCUT2D eigenvalue weighted by Gasteiger charge is -2.16. The van der Waals surface area contributed by atoms with Crippen LogP contribution < -0.4 is 0 Å². The molecule has 2 rings (SSSR count). The van der Waals surface area contributed by atoms with E-state index >= 15 is 0 Å². The number of hydrogen-bond donors (Lipinski definition) is 0. The monoisotopic (exact) mass is 224 g/mol. The number of hydrogen-bond acceptors (Lipinski definition) is 4. The van der Waals surface area contributed by atoms with Gasteiger partial charge in [-0.15, -0.1) is 0 Å². The molecule has 1 aliphatic rings. The van der Waals surface area contributed by atoms with Crippen LogP contribution in [0.3, 0.4) is 0 Å². The second-order valence-electron chi connectivity index (χ2n) is 2.83. The van der Waals surface area contributed by atoms with E-state index in [2.05, 4.69) is 4.74 Å². The molecule has 0 amide bonds. The van der Waals surface area contributed by atoms with E-state index in [0.717, 1.165) is 0 Å². The molecule has 0 spiro atoms. The lowest BCUT2D eigenvalue weighted by atomic mass is 10.2. The SMILES string of the molecule is CO/C=C1/OC(=O)c2ccccc2S1=O. The summed E-state index contributed by atoms with van der Waals surface area (Å²) in [4.78, 5) is 11.9. The number of benzene rings is 1. The van der Waals surface area contributed by atoms with E-state index in [1.807, 2.05) is 0 Å². The number of esters is 1. The second-order valence-corrected chi connectivity index (χ2v) is 4.21. The van der Waals surface area contributed by atoms with Crippen LogP contribution in [0.5, 0.6) is 0 Å². The van der Waals surface area contributed by atoms with Crippen LogP contribution in [-0.4, -0.2) is 17.3 Å². The van der Waals surface area contributed by atoms with E-state index in [1.165, 1.54) is 13.4 Å². The van der Waals surface area contributed by atoms with Crippen LogP contribution in [0.2, 0.25) is 0 Å². The Labute approximate surface area is 89.0 Å². The highest BCUT2D eigenvalue weighted by Crippen LogP contribution is 2.26. The quantitative estimate of drug-likeness (QED) is 0.534. The van der Waals surface area contributed by atoms with Crippen molar-refractivity contribution in [3.05, 3.63) is 41.2 Å². The molecule has 0 saturated heterocycles. The summed E-state index contributed by atoms with van der Waals surface area (Å²) in [5.41, 5.74) is 0.337. The van der Waals surface area contributed by atoms with Gasteiger partial charge in [0.05, 0.1) is 17.6 Å². The molecule has 1 unspecified atom stereocenters. The molecule has 5 heteroatoms. The molecule has 0 fully saturated rings.